The molecule has 3 aromatic rings. The van der Waals surface area contributed by atoms with E-state index < -0.39 is 0 Å². The van der Waals surface area contributed by atoms with E-state index in [0.717, 1.165) is 25.7 Å². The number of amides is 1. The van der Waals surface area contributed by atoms with Crippen molar-refractivity contribution in [1.29, 1.82) is 0 Å². The second kappa shape index (κ2) is 8.83. The molecule has 1 aliphatic carbocycles. The lowest BCUT2D eigenvalue weighted by Crippen LogP contribution is -2.27. The Morgan fingerprint density at radius 3 is 2.67 bits per heavy atom. The summed E-state index contributed by atoms with van der Waals surface area (Å²) in [5.41, 5.74) is 1.73. The molecule has 4 rings (SSSR count). The third kappa shape index (κ3) is 4.31. The van der Waals surface area contributed by atoms with Crippen LogP contribution in [0.4, 0.5) is 5.69 Å². The van der Waals surface area contributed by atoms with Crippen molar-refractivity contribution in [3.8, 4) is 0 Å². The van der Waals surface area contributed by atoms with Crippen LogP contribution in [0.1, 0.15) is 49.0 Å². The van der Waals surface area contributed by atoms with E-state index >= 15 is 0 Å². The Kier molecular flexibility index (Phi) is 5.99. The summed E-state index contributed by atoms with van der Waals surface area (Å²) in [7, 11) is 0. The molecule has 0 saturated heterocycles. The van der Waals surface area contributed by atoms with Gasteiger partial charge >= 0.3 is 0 Å². The molecule has 0 bridgehead atoms. The molecule has 7 heteroatoms. The molecule has 1 N–H and O–H groups in total. The number of Topliss-reactive ketones (excluding diaryl/α,β-unsaturated/α-hetero) is 1. The predicted octanol–water partition coefficient (Wildman–Crippen LogP) is 4.45. The molecule has 1 saturated carbocycles. The summed E-state index contributed by atoms with van der Waals surface area (Å²) in [6.07, 6.45) is 4.11. The smallest absolute Gasteiger partial charge is 0.262 e. The highest BCUT2D eigenvalue weighted by Crippen LogP contribution is 2.32. The summed E-state index contributed by atoms with van der Waals surface area (Å²) in [5, 5.41) is 4.01. The summed E-state index contributed by atoms with van der Waals surface area (Å²) in [6.45, 7) is 1.49. The van der Waals surface area contributed by atoms with E-state index in [1.807, 2.05) is 18.2 Å². The maximum absolute atomic E-state index is 13.2. The normalized spacial score (nSPS) is 14.2. The van der Waals surface area contributed by atoms with E-state index in [1.165, 1.54) is 18.7 Å². The first-order chi connectivity index (χ1) is 14.5. The number of fused-ring (bicyclic) bond motifs is 1. The molecule has 2 aromatic carbocycles. The van der Waals surface area contributed by atoms with Crippen LogP contribution in [0.5, 0.6) is 0 Å². The Bertz CT molecular complexity index is 1170. The van der Waals surface area contributed by atoms with Gasteiger partial charge in [0.15, 0.2) is 10.9 Å². The van der Waals surface area contributed by atoms with Crippen molar-refractivity contribution in [3.05, 3.63) is 64.4 Å². The van der Waals surface area contributed by atoms with Gasteiger partial charge in [-0.15, -0.1) is 0 Å². The zero-order chi connectivity index (χ0) is 21.1. The number of nitrogens with zero attached hydrogens (tertiary/aromatic N) is 2. The van der Waals surface area contributed by atoms with E-state index in [0.29, 0.717) is 27.3 Å². The highest BCUT2D eigenvalue weighted by molar-refractivity contribution is 7.99. The summed E-state index contributed by atoms with van der Waals surface area (Å²) in [5.74, 6) is -0.135. The molecular weight excluding hydrogens is 398 g/mol. The van der Waals surface area contributed by atoms with Crippen LogP contribution in [0.25, 0.3) is 10.9 Å². The maximum Gasteiger partial charge on any atom is 0.262 e. The number of thioether (sulfide) groups is 1. The molecule has 0 spiro atoms. The van der Waals surface area contributed by atoms with Gasteiger partial charge in [-0.05, 0) is 44.0 Å². The van der Waals surface area contributed by atoms with Crippen LogP contribution in [-0.2, 0) is 4.79 Å². The number of rotatable bonds is 6. The zero-order valence-corrected chi connectivity index (χ0v) is 17.6. The number of hydrogen-bond acceptors (Lipinski definition) is 5. The van der Waals surface area contributed by atoms with Crippen LogP contribution >= 0.6 is 11.8 Å². The number of para-hydroxylation sites is 1. The minimum atomic E-state index is -0.207. The average Bonchev–Trinajstić information content (AvgIpc) is 3.27. The molecule has 0 unspecified atom stereocenters. The van der Waals surface area contributed by atoms with Crippen LogP contribution < -0.4 is 10.9 Å². The van der Waals surface area contributed by atoms with Gasteiger partial charge in [-0.1, -0.05) is 48.9 Å². The SMILES string of the molecule is CC(=O)c1cccc(NC(=O)CSc2nc3ccccc3c(=O)n2C2CCCC2)c1. The fourth-order valence-corrected chi connectivity index (χ4v) is 4.72. The second-order valence-corrected chi connectivity index (χ2v) is 8.44. The number of ketones is 1. The number of benzene rings is 2. The van der Waals surface area contributed by atoms with Gasteiger partial charge in [0.05, 0.1) is 16.7 Å². The van der Waals surface area contributed by atoms with E-state index in [1.54, 1.807) is 34.9 Å². The van der Waals surface area contributed by atoms with Crippen molar-refractivity contribution in [3.63, 3.8) is 0 Å². The van der Waals surface area contributed by atoms with Crippen molar-refractivity contribution in [2.75, 3.05) is 11.1 Å². The molecule has 6 nitrogen and oxygen atoms in total. The average molecular weight is 422 g/mol. The quantitative estimate of drug-likeness (QED) is 0.361. The summed E-state index contributed by atoms with van der Waals surface area (Å²) in [6, 6.07) is 14.3. The Hall–Kier alpha value is -2.93. The highest BCUT2D eigenvalue weighted by atomic mass is 32.2. The monoisotopic (exact) mass is 421 g/mol. The van der Waals surface area contributed by atoms with Crippen molar-refractivity contribution in [2.45, 2.75) is 43.8 Å². The Balaban J connectivity index is 1.56. The molecule has 0 aliphatic heterocycles. The first kappa shape index (κ1) is 20.3. The lowest BCUT2D eigenvalue weighted by molar-refractivity contribution is -0.113. The van der Waals surface area contributed by atoms with Crippen molar-refractivity contribution < 1.29 is 9.59 Å². The molecule has 0 radical (unpaired) electrons. The minimum absolute atomic E-state index is 0.0374. The second-order valence-electron chi connectivity index (χ2n) is 7.50. The van der Waals surface area contributed by atoms with Crippen LogP contribution in [0.3, 0.4) is 0 Å². The van der Waals surface area contributed by atoms with Gasteiger partial charge in [-0.25, -0.2) is 4.98 Å². The van der Waals surface area contributed by atoms with Crippen LogP contribution in [0.2, 0.25) is 0 Å². The maximum atomic E-state index is 13.2. The number of hydrogen-bond donors (Lipinski definition) is 1. The summed E-state index contributed by atoms with van der Waals surface area (Å²) < 4.78 is 1.78. The third-order valence-corrected chi connectivity index (χ3v) is 6.30. The van der Waals surface area contributed by atoms with Crippen LogP contribution in [0, 0.1) is 0 Å². The minimum Gasteiger partial charge on any atom is -0.325 e. The van der Waals surface area contributed by atoms with Gasteiger partial charge < -0.3 is 5.32 Å². The number of anilines is 1. The van der Waals surface area contributed by atoms with E-state index in [9.17, 15) is 14.4 Å². The first-order valence-electron chi connectivity index (χ1n) is 10.1. The highest BCUT2D eigenvalue weighted by Gasteiger charge is 2.23. The molecule has 1 heterocycles. The molecule has 1 aromatic heterocycles. The van der Waals surface area contributed by atoms with Gasteiger partial charge in [0.2, 0.25) is 5.91 Å². The number of carbonyl (C=O) groups excluding carboxylic acids is 2. The van der Waals surface area contributed by atoms with E-state index in [2.05, 4.69) is 5.32 Å². The fourth-order valence-electron chi connectivity index (χ4n) is 3.85. The van der Waals surface area contributed by atoms with Crippen molar-refractivity contribution in [1.82, 2.24) is 9.55 Å². The van der Waals surface area contributed by atoms with Crippen LogP contribution in [0.15, 0.2) is 58.5 Å². The van der Waals surface area contributed by atoms with Gasteiger partial charge in [-0.2, -0.15) is 0 Å². The van der Waals surface area contributed by atoms with Crippen molar-refractivity contribution >= 4 is 40.0 Å². The third-order valence-electron chi connectivity index (χ3n) is 5.35. The van der Waals surface area contributed by atoms with Gasteiger partial charge in [0.1, 0.15) is 0 Å². The fraction of sp³-hybridized carbons (Fsp3) is 0.304. The predicted molar refractivity (Wildman–Crippen MR) is 119 cm³/mol. The molecule has 30 heavy (non-hydrogen) atoms. The number of carbonyl (C=O) groups is 2. The molecule has 1 aliphatic rings. The van der Waals surface area contributed by atoms with E-state index in [4.69, 9.17) is 4.98 Å². The number of aromatic nitrogens is 2. The molecule has 1 amide bonds. The topological polar surface area (TPSA) is 81.1 Å². The molecule has 1 fully saturated rings. The largest absolute Gasteiger partial charge is 0.325 e. The lowest BCUT2D eigenvalue weighted by Gasteiger charge is -2.18. The number of nitrogens with one attached hydrogen (secondary N) is 1. The zero-order valence-electron chi connectivity index (χ0n) is 16.8. The molecule has 0 atom stereocenters. The van der Waals surface area contributed by atoms with Gasteiger partial charge in [-0.3, -0.25) is 19.0 Å². The molecular formula is C23H23N3O3S. The Morgan fingerprint density at radius 2 is 1.90 bits per heavy atom. The molecule has 154 valence electrons. The summed E-state index contributed by atoms with van der Waals surface area (Å²) in [4.78, 5) is 41.9. The Labute approximate surface area is 178 Å². The van der Waals surface area contributed by atoms with Gasteiger partial charge in [0, 0.05) is 17.3 Å². The van der Waals surface area contributed by atoms with Gasteiger partial charge in [0.25, 0.3) is 5.56 Å². The summed E-state index contributed by atoms with van der Waals surface area (Å²) >= 11 is 1.27. The van der Waals surface area contributed by atoms with E-state index in [-0.39, 0.29) is 29.0 Å². The lowest BCUT2D eigenvalue weighted by atomic mass is 10.1. The Morgan fingerprint density at radius 1 is 1.13 bits per heavy atom. The van der Waals surface area contributed by atoms with Crippen molar-refractivity contribution in [2.24, 2.45) is 0 Å². The standard InChI is InChI=1S/C23H23N3O3S/c1-15(27)16-7-6-8-17(13-16)24-21(28)14-30-23-25-20-12-5-4-11-19(20)22(29)26(23)18-9-2-3-10-18/h4-8,11-13,18H,2-3,9-10,14H2,1H3,(H,24,28). The van der Waals surface area contributed by atoms with Crippen LogP contribution in [-0.4, -0.2) is 27.0 Å². The first-order valence-corrected chi connectivity index (χ1v) is 11.1.